The normalized spacial score (nSPS) is 18.5. The van der Waals surface area contributed by atoms with Crippen LogP contribution in [0.5, 0.6) is 0 Å². The van der Waals surface area contributed by atoms with Gasteiger partial charge in [-0.05, 0) is 11.6 Å². The van der Waals surface area contributed by atoms with Crippen LogP contribution in [0.4, 0.5) is 5.82 Å². The maximum Gasteiger partial charge on any atom is 0.153 e. The van der Waals surface area contributed by atoms with E-state index in [0.29, 0.717) is 30.7 Å². The van der Waals surface area contributed by atoms with Crippen molar-refractivity contribution < 1.29 is 8.42 Å². The maximum atomic E-state index is 11.4. The van der Waals surface area contributed by atoms with E-state index >= 15 is 0 Å². The van der Waals surface area contributed by atoms with E-state index in [0.717, 1.165) is 11.4 Å². The molecular formula is C13H20ClN3O2S. The quantitative estimate of drug-likeness (QED) is 0.911. The van der Waals surface area contributed by atoms with E-state index < -0.39 is 9.84 Å². The largest absolute Gasteiger partial charge is 0.355 e. The summed E-state index contributed by atoms with van der Waals surface area (Å²) in [5.74, 6) is 1.18. The maximum absolute atomic E-state index is 11.4. The highest BCUT2D eigenvalue weighted by Crippen LogP contribution is 2.22. The van der Waals surface area contributed by atoms with E-state index in [-0.39, 0.29) is 11.5 Å². The third-order valence-corrected chi connectivity index (χ3v) is 5.24. The van der Waals surface area contributed by atoms with Gasteiger partial charge in [-0.3, -0.25) is 0 Å². The number of nitrogens with zero attached hydrogens (tertiary/aromatic N) is 2. The van der Waals surface area contributed by atoms with E-state index in [1.165, 1.54) is 0 Å². The molecule has 0 aliphatic carbocycles. The average Bonchev–Trinajstić information content (AvgIpc) is 2.38. The van der Waals surface area contributed by atoms with Crippen molar-refractivity contribution in [3.63, 3.8) is 0 Å². The molecule has 5 nitrogen and oxygen atoms in total. The van der Waals surface area contributed by atoms with Gasteiger partial charge in [0.1, 0.15) is 5.82 Å². The molecule has 0 radical (unpaired) electrons. The molecular weight excluding hydrogens is 298 g/mol. The van der Waals surface area contributed by atoms with Crippen LogP contribution in [0.1, 0.15) is 19.4 Å². The number of anilines is 1. The van der Waals surface area contributed by atoms with Crippen molar-refractivity contribution >= 4 is 27.3 Å². The molecule has 0 aromatic carbocycles. The number of aromatic nitrogens is 1. The minimum atomic E-state index is -2.87. The van der Waals surface area contributed by atoms with Crippen LogP contribution in [-0.2, 0) is 16.4 Å². The van der Waals surface area contributed by atoms with Gasteiger partial charge in [0.15, 0.2) is 9.84 Å². The van der Waals surface area contributed by atoms with Crippen LogP contribution < -0.4 is 10.2 Å². The Kier molecular flexibility index (Phi) is 4.88. The van der Waals surface area contributed by atoms with Crippen LogP contribution >= 0.6 is 11.6 Å². The van der Waals surface area contributed by atoms with Gasteiger partial charge in [-0.25, -0.2) is 13.4 Å². The molecule has 20 heavy (non-hydrogen) atoms. The van der Waals surface area contributed by atoms with Gasteiger partial charge in [0, 0.05) is 31.9 Å². The summed E-state index contributed by atoms with van der Waals surface area (Å²) in [5, 5.41) is 3.95. The summed E-state index contributed by atoms with van der Waals surface area (Å²) in [5.41, 5.74) is 0.985. The van der Waals surface area contributed by atoms with Crippen LogP contribution in [-0.4, -0.2) is 44.0 Å². The van der Waals surface area contributed by atoms with Gasteiger partial charge in [0.25, 0.3) is 0 Å². The summed E-state index contributed by atoms with van der Waals surface area (Å²) >= 11 is 6.15. The number of hydrogen-bond donors (Lipinski definition) is 1. The van der Waals surface area contributed by atoms with Crippen molar-refractivity contribution in [2.75, 3.05) is 29.5 Å². The van der Waals surface area contributed by atoms with E-state index in [1.807, 2.05) is 11.0 Å². The molecule has 1 aliphatic rings. The topological polar surface area (TPSA) is 62.3 Å². The van der Waals surface area contributed by atoms with Gasteiger partial charge in [-0.2, -0.15) is 0 Å². The predicted molar refractivity (Wildman–Crippen MR) is 82.1 cm³/mol. The molecule has 1 saturated heterocycles. The molecule has 0 atom stereocenters. The summed E-state index contributed by atoms with van der Waals surface area (Å²) in [6.45, 7) is 5.82. The lowest BCUT2D eigenvalue weighted by atomic mass is 10.2. The third kappa shape index (κ3) is 4.07. The van der Waals surface area contributed by atoms with Crippen molar-refractivity contribution in [2.45, 2.75) is 26.4 Å². The number of sulfone groups is 1. The minimum absolute atomic E-state index is 0.191. The second kappa shape index (κ2) is 6.28. The fraction of sp³-hybridized carbons (Fsp3) is 0.615. The number of rotatable bonds is 4. The summed E-state index contributed by atoms with van der Waals surface area (Å²) in [6.07, 6.45) is 1.64. The molecule has 0 bridgehead atoms. The van der Waals surface area contributed by atoms with Crippen molar-refractivity contribution in [2.24, 2.45) is 0 Å². The van der Waals surface area contributed by atoms with Crippen LogP contribution in [0.25, 0.3) is 0 Å². The molecule has 0 spiro atoms. The molecule has 1 fully saturated rings. The highest BCUT2D eigenvalue weighted by molar-refractivity contribution is 7.91. The molecule has 0 saturated carbocycles. The first kappa shape index (κ1) is 15.5. The Morgan fingerprint density at radius 1 is 1.40 bits per heavy atom. The second-order valence-electron chi connectivity index (χ2n) is 5.31. The van der Waals surface area contributed by atoms with E-state index in [9.17, 15) is 8.42 Å². The average molecular weight is 318 g/mol. The predicted octanol–water partition coefficient (Wildman–Crippen LogP) is 1.47. The van der Waals surface area contributed by atoms with Crippen LogP contribution in [0.2, 0.25) is 5.02 Å². The fourth-order valence-corrected chi connectivity index (χ4v) is 3.40. The van der Waals surface area contributed by atoms with Crippen molar-refractivity contribution in [3.8, 4) is 0 Å². The highest BCUT2D eigenvalue weighted by Gasteiger charge is 2.22. The fourth-order valence-electron chi connectivity index (χ4n) is 2.03. The lowest BCUT2D eigenvalue weighted by Crippen LogP contribution is -2.40. The van der Waals surface area contributed by atoms with Gasteiger partial charge >= 0.3 is 0 Å². The zero-order valence-corrected chi connectivity index (χ0v) is 13.3. The number of pyridine rings is 1. The third-order valence-electron chi connectivity index (χ3n) is 3.29. The first-order valence-corrected chi connectivity index (χ1v) is 8.90. The lowest BCUT2D eigenvalue weighted by Gasteiger charge is -2.28. The standard InChI is InChI=1S/C13H20ClN3O2S/c1-10(2)15-8-11-7-13(16-9-12(11)14)17-3-5-20(18,19)6-4-17/h7,9-10,15H,3-6,8H2,1-2H3. The molecule has 2 heterocycles. The molecule has 7 heteroatoms. The van der Waals surface area contributed by atoms with E-state index in [4.69, 9.17) is 11.6 Å². The van der Waals surface area contributed by atoms with Gasteiger partial charge in [-0.1, -0.05) is 25.4 Å². The molecule has 0 unspecified atom stereocenters. The SMILES string of the molecule is CC(C)NCc1cc(N2CCS(=O)(=O)CC2)ncc1Cl. The Balaban J connectivity index is 2.11. The Hall–Kier alpha value is -0.850. The van der Waals surface area contributed by atoms with Crippen LogP contribution in [0.3, 0.4) is 0 Å². The first-order valence-electron chi connectivity index (χ1n) is 6.70. The monoisotopic (exact) mass is 317 g/mol. The second-order valence-corrected chi connectivity index (χ2v) is 8.02. The van der Waals surface area contributed by atoms with Gasteiger partial charge in [-0.15, -0.1) is 0 Å². The Labute approximate surface area is 125 Å². The Morgan fingerprint density at radius 2 is 2.05 bits per heavy atom. The Morgan fingerprint density at radius 3 is 2.65 bits per heavy atom. The van der Waals surface area contributed by atoms with Gasteiger partial charge < -0.3 is 10.2 Å². The van der Waals surface area contributed by atoms with Crippen LogP contribution in [0, 0.1) is 0 Å². The first-order chi connectivity index (χ1) is 9.37. The van der Waals surface area contributed by atoms with E-state index in [1.54, 1.807) is 6.20 Å². The van der Waals surface area contributed by atoms with Crippen molar-refractivity contribution in [1.82, 2.24) is 10.3 Å². The number of nitrogens with one attached hydrogen (secondary N) is 1. The minimum Gasteiger partial charge on any atom is -0.355 e. The van der Waals surface area contributed by atoms with Crippen molar-refractivity contribution in [1.29, 1.82) is 0 Å². The molecule has 1 aromatic rings. The summed E-state index contributed by atoms with van der Waals surface area (Å²) in [6, 6.07) is 2.32. The van der Waals surface area contributed by atoms with Gasteiger partial charge in [0.05, 0.1) is 16.5 Å². The number of hydrogen-bond acceptors (Lipinski definition) is 5. The molecule has 112 valence electrons. The summed E-state index contributed by atoms with van der Waals surface area (Å²) < 4.78 is 22.9. The summed E-state index contributed by atoms with van der Waals surface area (Å²) in [7, 11) is -2.87. The molecule has 2 rings (SSSR count). The Bertz CT molecular complexity index is 561. The number of halogens is 1. The highest BCUT2D eigenvalue weighted by atomic mass is 35.5. The zero-order chi connectivity index (χ0) is 14.8. The van der Waals surface area contributed by atoms with E-state index in [2.05, 4.69) is 24.1 Å². The molecule has 1 aromatic heterocycles. The van der Waals surface area contributed by atoms with Crippen molar-refractivity contribution in [3.05, 3.63) is 22.8 Å². The molecule has 1 aliphatic heterocycles. The molecule has 1 N–H and O–H groups in total. The zero-order valence-electron chi connectivity index (χ0n) is 11.8. The van der Waals surface area contributed by atoms with Gasteiger partial charge in [0.2, 0.25) is 0 Å². The van der Waals surface area contributed by atoms with Crippen LogP contribution in [0.15, 0.2) is 12.3 Å². The lowest BCUT2D eigenvalue weighted by molar-refractivity contribution is 0.584. The molecule has 0 amide bonds. The summed E-state index contributed by atoms with van der Waals surface area (Å²) in [4.78, 5) is 6.31. The smallest absolute Gasteiger partial charge is 0.153 e.